The monoisotopic (exact) mass is 245 g/mol. The number of furan rings is 1. The lowest BCUT2D eigenvalue weighted by Crippen LogP contribution is -1.85. The highest BCUT2D eigenvalue weighted by Gasteiger charge is 2.09. The summed E-state index contributed by atoms with van der Waals surface area (Å²) >= 11 is 0. The number of nitrogens with zero attached hydrogens (tertiary/aromatic N) is 1. The predicted octanol–water partition coefficient (Wildman–Crippen LogP) is 4.65. The Morgan fingerprint density at radius 3 is 2.58 bits per heavy atom. The van der Waals surface area contributed by atoms with Crippen molar-refractivity contribution in [3.8, 4) is 11.5 Å². The molecule has 0 atom stereocenters. The molecule has 0 aliphatic rings. The quantitative estimate of drug-likeness (QED) is 0.456. The fraction of sp³-hybridized carbons (Fsp3) is 0. The lowest BCUT2D eigenvalue weighted by atomic mass is 10.0. The fourth-order valence-corrected chi connectivity index (χ4v) is 2.55. The Balaban J connectivity index is 2.15. The SMILES string of the molecule is c1coc(-c2nccc3c2ccc2ccccc23)c1. The van der Waals surface area contributed by atoms with Gasteiger partial charge in [0.1, 0.15) is 5.69 Å². The van der Waals surface area contributed by atoms with Crippen LogP contribution in [0.4, 0.5) is 0 Å². The lowest BCUT2D eigenvalue weighted by molar-refractivity contribution is 0.581. The lowest BCUT2D eigenvalue weighted by Gasteiger charge is -2.06. The van der Waals surface area contributed by atoms with E-state index in [1.807, 2.05) is 18.3 Å². The number of rotatable bonds is 1. The second-order valence-corrected chi connectivity index (χ2v) is 4.52. The van der Waals surface area contributed by atoms with Crippen LogP contribution >= 0.6 is 0 Å². The summed E-state index contributed by atoms with van der Waals surface area (Å²) in [7, 11) is 0. The molecule has 0 bridgehead atoms. The maximum atomic E-state index is 5.48. The van der Waals surface area contributed by atoms with E-state index in [1.54, 1.807) is 6.26 Å². The van der Waals surface area contributed by atoms with Crippen LogP contribution in [-0.4, -0.2) is 4.98 Å². The predicted molar refractivity (Wildman–Crippen MR) is 77.0 cm³/mol. The Morgan fingerprint density at radius 1 is 0.737 bits per heavy atom. The molecule has 2 heterocycles. The first-order chi connectivity index (χ1) is 9.43. The summed E-state index contributed by atoms with van der Waals surface area (Å²) in [5.74, 6) is 0.806. The van der Waals surface area contributed by atoms with Gasteiger partial charge in [0.15, 0.2) is 5.76 Å². The Bertz CT molecular complexity index is 863. The van der Waals surface area contributed by atoms with Crippen LogP contribution in [-0.2, 0) is 0 Å². The smallest absolute Gasteiger partial charge is 0.152 e. The Morgan fingerprint density at radius 2 is 1.68 bits per heavy atom. The normalized spacial score (nSPS) is 11.2. The van der Waals surface area contributed by atoms with Crippen molar-refractivity contribution in [3.05, 3.63) is 67.1 Å². The van der Waals surface area contributed by atoms with Gasteiger partial charge < -0.3 is 4.42 Å². The van der Waals surface area contributed by atoms with Crippen molar-refractivity contribution >= 4 is 21.5 Å². The summed E-state index contributed by atoms with van der Waals surface area (Å²) in [5, 5.41) is 4.82. The van der Waals surface area contributed by atoms with E-state index in [2.05, 4.69) is 47.4 Å². The van der Waals surface area contributed by atoms with E-state index in [0.717, 1.165) is 16.8 Å². The fourth-order valence-electron chi connectivity index (χ4n) is 2.55. The minimum absolute atomic E-state index is 0.806. The van der Waals surface area contributed by atoms with Crippen molar-refractivity contribution < 1.29 is 4.42 Å². The highest BCUT2D eigenvalue weighted by molar-refractivity contribution is 6.10. The van der Waals surface area contributed by atoms with Gasteiger partial charge >= 0.3 is 0 Å². The van der Waals surface area contributed by atoms with Crippen molar-refractivity contribution in [1.29, 1.82) is 0 Å². The number of hydrogen-bond acceptors (Lipinski definition) is 2. The zero-order chi connectivity index (χ0) is 12.7. The molecule has 0 fully saturated rings. The highest BCUT2D eigenvalue weighted by atomic mass is 16.3. The molecule has 0 saturated heterocycles. The third kappa shape index (κ3) is 1.54. The highest BCUT2D eigenvalue weighted by Crippen LogP contribution is 2.31. The van der Waals surface area contributed by atoms with Crippen molar-refractivity contribution in [1.82, 2.24) is 4.98 Å². The number of pyridine rings is 1. The minimum atomic E-state index is 0.806. The Kier molecular flexibility index (Phi) is 2.15. The molecule has 4 rings (SSSR count). The van der Waals surface area contributed by atoms with Gasteiger partial charge in [0.25, 0.3) is 0 Å². The van der Waals surface area contributed by atoms with Crippen molar-refractivity contribution in [2.75, 3.05) is 0 Å². The van der Waals surface area contributed by atoms with Gasteiger partial charge in [0, 0.05) is 11.6 Å². The van der Waals surface area contributed by atoms with Gasteiger partial charge in [-0.05, 0) is 34.4 Å². The third-order valence-corrected chi connectivity index (χ3v) is 3.43. The van der Waals surface area contributed by atoms with Gasteiger partial charge in [-0.2, -0.15) is 0 Å². The molecule has 2 heteroatoms. The van der Waals surface area contributed by atoms with Crippen LogP contribution < -0.4 is 0 Å². The van der Waals surface area contributed by atoms with Crippen LogP contribution in [0.3, 0.4) is 0 Å². The van der Waals surface area contributed by atoms with Crippen LogP contribution in [0.15, 0.2) is 71.5 Å². The van der Waals surface area contributed by atoms with Crippen LogP contribution in [0.25, 0.3) is 33.0 Å². The summed E-state index contributed by atoms with van der Waals surface area (Å²) < 4.78 is 5.48. The molecule has 0 unspecified atom stereocenters. The van der Waals surface area contributed by atoms with E-state index in [0.29, 0.717) is 0 Å². The van der Waals surface area contributed by atoms with E-state index in [4.69, 9.17) is 4.42 Å². The molecule has 0 N–H and O–H groups in total. The number of aromatic nitrogens is 1. The molecule has 90 valence electrons. The number of fused-ring (bicyclic) bond motifs is 3. The molecule has 0 radical (unpaired) electrons. The molecular weight excluding hydrogens is 234 g/mol. The summed E-state index contributed by atoms with van der Waals surface area (Å²) in [5.41, 5.74) is 0.897. The number of hydrogen-bond donors (Lipinski definition) is 0. The van der Waals surface area contributed by atoms with E-state index < -0.39 is 0 Å². The third-order valence-electron chi connectivity index (χ3n) is 3.43. The largest absolute Gasteiger partial charge is 0.463 e. The van der Waals surface area contributed by atoms with E-state index in [9.17, 15) is 0 Å². The average molecular weight is 245 g/mol. The first-order valence-electron chi connectivity index (χ1n) is 6.24. The number of benzene rings is 2. The van der Waals surface area contributed by atoms with Crippen molar-refractivity contribution in [2.24, 2.45) is 0 Å². The average Bonchev–Trinajstić information content (AvgIpc) is 3.00. The molecule has 2 nitrogen and oxygen atoms in total. The summed E-state index contributed by atoms with van der Waals surface area (Å²) in [6, 6.07) is 18.5. The maximum Gasteiger partial charge on any atom is 0.152 e. The topological polar surface area (TPSA) is 26.0 Å². The Hall–Kier alpha value is -2.61. The zero-order valence-electron chi connectivity index (χ0n) is 10.2. The molecule has 0 amide bonds. The van der Waals surface area contributed by atoms with Crippen LogP contribution in [0.1, 0.15) is 0 Å². The van der Waals surface area contributed by atoms with Crippen LogP contribution in [0.5, 0.6) is 0 Å². The van der Waals surface area contributed by atoms with Crippen LogP contribution in [0, 0.1) is 0 Å². The summed E-state index contributed by atoms with van der Waals surface area (Å²) in [6.45, 7) is 0. The summed E-state index contributed by atoms with van der Waals surface area (Å²) in [6.07, 6.45) is 3.52. The van der Waals surface area contributed by atoms with Crippen molar-refractivity contribution in [2.45, 2.75) is 0 Å². The first-order valence-corrected chi connectivity index (χ1v) is 6.24. The van der Waals surface area contributed by atoms with Gasteiger partial charge in [-0.25, -0.2) is 0 Å². The van der Waals surface area contributed by atoms with Gasteiger partial charge in [-0.15, -0.1) is 0 Å². The molecule has 0 saturated carbocycles. The molecule has 2 aromatic heterocycles. The second-order valence-electron chi connectivity index (χ2n) is 4.52. The molecule has 0 aliphatic heterocycles. The summed E-state index contributed by atoms with van der Waals surface area (Å²) in [4.78, 5) is 4.46. The van der Waals surface area contributed by atoms with Gasteiger partial charge in [-0.1, -0.05) is 36.4 Å². The molecule has 0 aliphatic carbocycles. The van der Waals surface area contributed by atoms with E-state index in [-0.39, 0.29) is 0 Å². The van der Waals surface area contributed by atoms with Gasteiger partial charge in [0.2, 0.25) is 0 Å². The van der Waals surface area contributed by atoms with Gasteiger partial charge in [-0.3, -0.25) is 4.98 Å². The first kappa shape index (κ1) is 10.3. The molecule has 4 aromatic rings. The molecule has 2 aromatic carbocycles. The molecule has 19 heavy (non-hydrogen) atoms. The maximum absolute atomic E-state index is 5.48. The van der Waals surface area contributed by atoms with Crippen molar-refractivity contribution in [3.63, 3.8) is 0 Å². The van der Waals surface area contributed by atoms with E-state index >= 15 is 0 Å². The molecule has 0 spiro atoms. The van der Waals surface area contributed by atoms with Crippen LogP contribution in [0.2, 0.25) is 0 Å². The zero-order valence-corrected chi connectivity index (χ0v) is 10.2. The van der Waals surface area contributed by atoms with E-state index in [1.165, 1.54) is 16.2 Å². The van der Waals surface area contributed by atoms with Gasteiger partial charge in [0.05, 0.1) is 6.26 Å². The second kappa shape index (κ2) is 3.95. The Labute approximate surface area is 110 Å². The standard InChI is InChI=1S/C17H11NO/c1-2-5-13-12(4-1)7-8-15-14(13)9-10-18-17(15)16-6-3-11-19-16/h1-11H. The minimum Gasteiger partial charge on any atom is -0.463 e. The molecular formula is C17H11NO.